The first-order chi connectivity index (χ1) is 5.60. The first-order valence-electron chi connectivity index (χ1n) is 3.17. The summed E-state index contributed by atoms with van der Waals surface area (Å²) < 4.78 is 70.9. The van der Waals surface area contributed by atoms with E-state index in [9.17, 15) is 26.3 Å². The van der Waals surface area contributed by atoms with Gasteiger partial charge in [0.05, 0.1) is 0 Å². The van der Waals surface area contributed by atoms with Crippen LogP contribution in [0.1, 0.15) is 13.8 Å². The molecule has 0 fully saturated rings. The van der Waals surface area contributed by atoms with Gasteiger partial charge in [-0.25, -0.2) is 0 Å². The predicted molar refractivity (Wildman–Crippen MR) is 33.4 cm³/mol. The van der Waals surface area contributed by atoms with Gasteiger partial charge in [-0.15, -0.1) is 26.3 Å². The molecular formula is C6H7F6N. The molecule has 0 unspecified atom stereocenters. The molecule has 0 spiro atoms. The van der Waals surface area contributed by atoms with E-state index >= 15 is 0 Å². The Morgan fingerprint density at radius 2 is 1.31 bits per heavy atom. The van der Waals surface area contributed by atoms with Crippen LogP contribution in [0.15, 0.2) is 11.8 Å². The molecule has 0 amide bonds. The van der Waals surface area contributed by atoms with Crippen molar-refractivity contribution in [1.29, 1.82) is 0 Å². The zero-order valence-electron chi connectivity index (χ0n) is 6.79. The van der Waals surface area contributed by atoms with Crippen LogP contribution in [0.25, 0.3) is 0 Å². The first-order valence-corrected chi connectivity index (χ1v) is 3.17. The molecule has 0 bridgehead atoms. The summed E-state index contributed by atoms with van der Waals surface area (Å²) in [5, 5.41) is 0. The van der Waals surface area contributed by atoms with Crippen molar-refractivity contribution in [2.45, 2.75) is 26.4 Å². The van der Waals surface area contributed by atoms with Crippen molar-refractivity contribution in [2.24, 2.45) is 0 Å². The zero-order chi connectivity index (χ0) is 10.9. The third-order valence-corrected chi connectivity index (χ3v) is 1.28. The van der Waals surface area contributed by atoms with E-state index in [-0.39, 0.29) is 0 Å². The van der Waals surface area contributed by atoms with Gasteiger partial charge in [-0.2, -0.15) is 4.90 Å². The van der Waals surface area contributed by atoms with E-state index in [1.54, 1.807) is 0 Å². The molecule has 7 heteroatoms. The third-order valence-electron chi connectivity index (χ3n) is 1.28. The van der Waals surface area contributed by atoms with Crippen LogP contribution in [0, 0.1) is 0 Å². The number of nitrogens with zero attached hydrogens (tertiary/aromatic N) is 1. The van der Waals surface area contributed by atoms with Crippen LogP contribution in [0.2, 0.25) is 0 Å². The maximum absolute atomic E-state index is 11.8. The molecule has 0 aliphatic heterocycles. The molecule has 0 saturated heterocycles. The van der Waals surface area contributed by atoms with E-state index < -0.39 is 23.2 Å². The second-order valence-electron chi connectivity index (χ2n) is 2.20. The van der Waals surface area contributed by atoms with Gasteiger partial charge < -0.3 is 0 Å². The Morgan fingerprint density at radius 1 is 1.00 bits per heavy atom. The lowest BCUT2D eigenvalue weighted by Gasteiger charge is -2.28. The second-order valence-corrected chi connectivity index (χ2v) is 2.20. The van der Waals surface area contributed by atoms with Gasteiger partial charge in [0.25, 0.3) is 0 Å². The van der Waals surface area contributed by atoms with Gasteiger partial charge in [0.15, 0.2) is 0 Å². The summed E-state index contributed by atoms with van der Waals surface area (Å²) in [6.07, 6.45) is -10.1. The van der Waals surface area contributed by atoms with E-state index in [1.807, 2.05) is 0 Å². The fourth-order valence-corrected chi connectivity index (χ4v) is 0.673. The van der Waals surface area contributed by atoms with Crippen molar-refractivity contribution >= 4 is 0 Å². The Labute approximate surface area is 70.6 Å². The van der Waals surface area contributed by atoms with Crippen LogP contribution >= 0.6 is 0 Å². The van der Waals surface area contributed by atoms with Crippen molar-refractivity contribution in [3.63, 3.8) is 0 Å². The van der Waals surface area contributed by atoms with Crippen molar-refractivity contribution in [2.75, 3.05) is 0 Å². The third kappa shape index (κ3) is 3.16. The average Bonchev–Trinajstić information content (AvgIpc) is 1.80. The highest BCUT2D eigenvalue weighted by molar-refractivity contribution is 4.97. The second kappa shape index (κ2) is 3.47. The maximum atomic E-state index is 11.8. The van der Waals surface area contributed by atoms with E-state index in [1.165, 1.54) is 0 Å². The van der Waals surface area contributed by atoms with Crippen LogP contribution in [-0.2, 0) is 0 Å². The summed E-state index contributed by atoms with van der Waals surface area (Å²) in [6.45, 7) is 1.83. The molecule has 78 valence electrons. The molecule has 0 rings (SSSR count). The normalized spacial score (nSPS) is 14.6. The summed E-state index contributed by atoms with van der Waals surface area (Å²) in [6, 6.07) is 0. The molecule has 0 radical (unpaired) electrons. The van der Waals surface area contributed by atoms with E-state index in [4.69, 9.17) is 0 Å². The molecular weight excluding hydrogens is 200 g/mol. The Hall–Kier alpha value is -0.880. The van der Waals surface area contributed by atoms with Gasteiger partial charge in [-0.05, 0) is 13.8 Å². The molecule has 0 N–H and O–H groups in total. The van der Waals surface area contributed by atoms with Crippen molar-refractivity contribution in [3.05, 3.63) is 11.8 Å². The quantitative estimate of drug-likeness (QED) is 0.471. The molecule has 0 aromatic carbocycles. The van der Waals surface area contributed by atoms with Crippen LogP contribution in [0.4, 0.5) is 26.3 Å². The summed E-state index contributed by atoms with van der Waals surface area (Å²) in [4.78, 5) is -1.54. The topological polar surface area (TPSA) is 3.24 Å². The van der Waals surface area contributed by atoms with Gasteiger partial charge in [0.2, 0.25) is 0 Å². The van der Waals surface area contributed by atoms with Crippen molar-refractivity contribution in [3.8, 4) is 0 Å². The largest absolute Gasteiger partial charge is 0.491 e. The first kappa shape index (κ1) is 12.1. The molecule has 0 aliphatic carbocycles. The Balaban J connectivity index is 5.01. The van der Waals surface area contributed by atoms with Crippen molar-refractivity contribution < 1.29 is 26.3 Å². The Morgan fingerprint density at radius 3 is 1.38 bits per heavy atom. The van der Waals surface area contributed by atoms with Gasteiger partial charge in [-0.3, -0.25) is 0 Å². The minimum atomic E-state index is -5.44. The molecule has 13 heavy (non-hydrogen) atoms. The lowest BCUT2D eigenvalue weighted by Crippen LogP contribution is -2.46. The van der Waals surface area contributed by atoms with Crippen LogP contribution < -0.4 is 0 Å². The summed E-state index contributed by atoms with van der Waals surface area (Å²) in [5.41, 5.74) is -0.903. The fraction of sp³-hybridized carbons (Fsp3) is 0.667. The number of hydrogen-bond acceptors (Lipinski definition) is 1. The summed E-state index contributed by atoms with van der Waals surface area (Å²) in [5.74, 6) is 0. The Bertz CT molecular complexity index is 186. The number of hydrogen-bond donors (Lipinski definition) is 0. The molecule has 0 aliphatic rings. The zero-order valence-corrected chi connectivity index (χ0v) is 6.79. The molecule has 1 nitrogen and oxygen atoms in total. The minimum Gasteiger partial charge on any atom is -0.198 e. The predicted octanol–water partition coefficient (Wildman–Crippen LogP) is 3.25. The summed E-state index contributed by atoms with van der Waals surface area (Å²) in [7, 11) is 0. The van der Waals surface area contributed by atoms with Crippen molar-refractivity contribution in [1.82, 2.24) is 4.90 Å². The standard InChI is InChI=1S/C6H7F6N/c1-3-4(2)13(5(7,8)9)6(10,11)12/h3H,1-2H3/b4-3+. The number of allylic oxidation sites excluding steroid dienone is 2. The SMILES string of the molecule is C/C=C(\C)N(C(F)(F)F)C(F)(F)F. The molecule has 0 heterocycles. The molecule has 0 saturated carbocycles. The van der Waals surface area contributed by atoms with Gasteiger partial charge >= 0.3 is 12.6 Å². The van der Waals surface area contributed by atoms with E-state index in [0.717, 1.165) is 19.9 Å². The average molecular weight is 207 g/mol. The highest BCUT2D eigenvalue weighted by Gasteiger charge is 2.53. The fourth-order valence-electron chi connectivity index (χ4n) is 0.673. The number of halogens is 6. The monoisotopic (exact) mass is 207 g/mol. The minimum absolute atomic E-state index is 0.737. The van der Waals surface area contributed by atoms with E-state index in [2.05, 4.69) is 0 Å². The van der Waals surface area contributed by atoms with Crippen LogP contribution in [0.3, 0.4) is 0 Å². The van der Waals surface area contributed by atoms with Gasteiger partial charge in [0, 0.05) is 5.70 Å². The van der Waals surface area contributed by atoms with Crippen LogP contribution in [0.5, 0.6) is 0 Å². The maximum Gasteiger partial charge on any atom is 0.491 e. The molecule has 0 aromatic heterocycles. The molecule has 0 aromatic rings. The van der Waals surface area contributed by atoms with Gasteiger partial charge in [0.1, 0.15) is 0 Å². The highest BCUT2D eigenvalue weighted by atomic mass is 19.4. The van der Waals surface area contributed by atoms with Crippen LogP contribution in [-0.4, -0.2) is 17.5 Å². The van der Waals surface area contributed by atoms with E-state index in [0.29, 0.717) is 0 Å². The smallest absolute Gasteiger partial charge is 0.198 e. The lowest BCUT2D eigenvalue weighted by molar-refractivity contribution is -0.358. The summed E-state index contributed by atoms with van der Waals surface area (Å²) >= 11 is 0. The molecule has 0 atom stereocenters. The highest BCUT2D eigenvalue weighted by Crippen LogP contribution is 2.36. The number of alkyl halides is 6. The Kier molecular flexibility index (Phi) is 3.23. The number of rotatable bonds is 1. The lowest BCUT2D eigenvalue weighted by atomic mass is 10.4. The van der Waals surface area contributed by atoms with Gasteiger partial charge in [-0.1, -0.05) is 6.08 Å².